The van der Waals surface area contributed by atoms with Gasteiger partial charge in [-0.25, -0.2) is 9.37 Å². The van der Waals surface area contributed by atoms with Crippen LogP contribution in [0.15, 0.2) is 48.8 Å². The highest BCUT2D eigenvalue weighted by molar-refractivity contribution is 5.77. The fraction of sp³-hybridized carbons (Fsp3) is 0.188. The number of halogens is 1. The van der Waals surface area contributed by atoms with Crippen LogP contribution in [-0.4, -0.2) is 23.3 Å². The van der Waals surface area contributed by atoms with E-state index < -0.39 is 0 Å². The van der Waals surface area contributed by atoms with Crippen LogP contribution in [0.2, 0.25) is 0 Å². The maximum Gasteiger partial charge on any atom is 0.129 e. The van der Waals surface area contributed by atoms with Crippen molar-refractivity contribution in [1.29, 1.82) is 0 Å². The Balaban J connectivity index is 1.87. The summed E-state index contributed by atoms with van der Waals surface area (Å²) in [4.78, 5) is 4.33. The van der Waals surface area contributed by atoms with Gasteiger partial charge in [-0.15, -0.1) is 0 Å². The lowest BCUT2D eigenvalue weighted by Crippen LogP contribution is -2.02. The second kappa shape index (κ2) is 5.93. The Labute approximate surface area is 121 Å². The molecule has 0 aliphatic rings. The number of benzene rings is 2. The van der Waals surface area contributed by atoms with Crippen molar-refractivity contribution >= 4 is 11.0 Å². The van der Waals surface area contributed by atoms with E-state index in [-0.39, 0.29) is 5.82 Å². The molecule has 0 aliphatic heterocycles. The number of hydrogen-bond donors (Lipinski definition) is 0. The van der Waals surface area contributed by atoms with E-state index in [0.29, 0.717) is 18.1 Å². The Morgan fingerprint density at radius 1 is 1.10 bits per heavy atom. The minimum absolute atomic E-state index is 0.282. The molecule has 3 rings (SSSR count). The summed E-state index contributed by atoms with van der Waals surface area (Å²) in [7, 11) is 1.67. The van der Waals surface area contributed by atoms with Gasteiger partial charge in [0.25, 0.3) is 0 Å². The van der Waals surface area contributed by atoms with Gasteiger partial charge in [-0.3, -0.25) is 0 Å². The molecule has 1 aromatic heterocycles. The van der Waals surface area contributed by atoms with Gasteiger partial charge in [-0.2, -0.15) is 0 Å². The first-order valence-corrected chi connectivity index (χ1v) is 6.63. The molecule has 0 spiro atoms. The van der Waals surface area contributed by atoms with Crippen molar-refractivity contribution in [3.05, 3.63) is 54.6 Å². The molecule has 108 valence electrons. The Kier molecular flexibility index (Phi) is 3.83. The molecule has 3 aromatic rings. The van der Waals surface area contributed by atoms with E-state index in [2.05, 4.69) is 4.98 Å². The van der Waals surface area contributed by atoms with Crippen molar-refractivity contribution in [1.82, 2.24) is 9.55 Å². The Morgan fingerprint density at radius 2 is 1.86 bits per heavy atom. The summed E-state index contributed by atoms with van der Waals surface area (Å²) in [6.45, 7) is 1.35. The van der Waals surface area contributed by atoms with Crippen LogP contribution in [0.3, 0.4) is 0 Å². The molecule has 2 aromatic carbocycles. The fourth-order valence-electron chi connectivity index (χ4n) is 2.11. The van der Waals surface area contributed by atoms with E-state index in [1.54, 1.807) is 25.6 Å². The zero-order valence-electron chi connectivity index (χ0n) is 11.6. The normalized spacial score (nSPS) is 11.0. The number of aromatic nitrogens is 2. The molecule has 0 atom stereocenters. The van der Waals surface area contributed by atoms with E-state index in [0.717, 1.165) is 17.6 Å². The summed E-state index contributed by atoms with van der Waals surface area (Å²) in [5, 5.41) is 0. The zero-order valence-corrected chi connectivity index (χ0v) is 11.6. The summed E-state index contributed by atoms with van der Waals surface area (Å²) < 4.78 is 25.7. The maximum atomic E-state index is 12.9. The first-order chi connectivity index (χ1) is 10.3. The summed E-state index contributed by atoms with van der Waals surface area (Å²) >= 11 is 0. The highest BCUT2D eigenvalue weighted by Crippen LogP contribution is 2.25. The summed E-state index contributed by atoms with van der Waals surface area (Å²) in [6.07, 6.45) is 1.78. The van der Waals surface area contributed by atoms with Gasteiger partial charge in [0, 0.05) is 19.7 Å². The predicted molar refractivity (Wildman–Crippen MR) is 78.1 cm³/mol. The molecule has 0 fully saturated rings. The van der Waals surface area contributed by atoms with Crippen molar-refractivity contribution < 1.29 is 13.9 Å². The molecule has 0 amide bonds. The topological polar surface area (TPSA) is 36.3 Å². The van der Waals surface area contributed by atoms with Crippen LogP contribution in [0, 0.1) is 5.82 Å². The number of hydrogen-bond acceptors (Lipinski definition) is 3. The SMILES string of the molecule is COCCn1cnc2ccc(Oc3ccc(F)cc3)cc21. The smallest absolute Gasteiger partial charge is 0.129 e. The van der Waals surface area contributed by atoms with Gasteiger partial charge in [0.2, 0.25) is 0 Å². The Hall–Kier alpha value is -2.40. The van der Waals surface area contributed by atoms with Crippen LogP contribution < -0.4 is 4.74 Å². The Morgan fingerprint density at radius 3 is 2.62 bits per heavy atom. The minimum Gasteiger partial charge on any atom is -0.457 e. The zero-order chi connectivity index (χ0) is 14.7. The van der Waals surface area contributed by atoms with E-state index >= 15 is 0 Å². The lowest BCUT2D eigenvalue weighted by Gasteiger charge is -2.07. The standard InChI is InChI=1S/C16H15FN2O2/c1-20-9-8-19-11-18-15-7-6-14(10-16(15)19)21-13-4-2-12(17)3-5-13/h2-7,10-11H,8-9H2,1H3. The van der Waals surface area contributed by atoms with Gasteiger partial charge in [-0.05, 0) is 36.4 Å². The van der Waals surface area contributed by atoms with Gasteiger partial charge in [0.05, 0.1) is 24.0 Å². The largest absolute Gasteiger partial charge is 0.457 e. The van der Waals surface area contributed by atoms with Gasteiger partial charge in [0.1, 0.15) is 17.3 Å². The summed E-state index contributed by atoms with van der Waals surface area (Å²) in [6, 6.07) is 11.6. The predicted octanol–water partition coefficient (Wildman–Crippen LogP) is 3.61. The maximum absolute atomic E-state index is 12.9. The number of nitrogens with zero attached hydrogens (tertiary/aromatic N) is 2. The lowest BCUT2D eigenvalue weighted by atomic mass is 10.3. The number of rotatable bonds is 5. The third kappa shape index (κ3) is 3.03. The van der Waals surface area contributed by atoms with E-state index in [1.807, 2.05) is 22.8 Å². The Bertz CT molecular complexity index is 738. The molecule has 0 saturated heterocycles. The first kappa shape index (κ1) is 13.6. The number of imidazole rings is 1. The van der Waals surface area contributed by atoms with Crippen molar-refractivity contribution in [3.63, 3.8) is 0 Å². The van der Waals surface area contributed by atoms with E-state index in [1.165, 1.54) is 12.1 Å². The molecule has 0 aliphatic carbocycles. The molecule has 4 nitrogen and oxygen atoms in total. The third-order valence-electron chi connectivity index (χ3n) is 3.18. The molecule has 21 heavy (non-hydrogen) atoms. The summed E-state index contributed by atoms with van der Waals surface area (Å²) in [5.74, 6) is 1.00. The fourth-order valence-corrected chi connectivity index (χ4v) is 2.11. The third-order valence-corrected chi connectivity index (χ3v) is 3.18. The van der Waals surface area contributed by atoms with Gasteiger partial charge in [0.15, 0.2) is 0 Å². The van der Waals surface area contributed by atoms with Crippen LogP contribution in [0.1, 0.15) is 0 Å². The number of ether oxygens (including phenoxy) is 2. The van der Waals surface area contributed by atoms with Gasteiger partial charge < -0.3 is 14.0 Å². The average molecular weight is 286 g/mol. The highest BCUT2D eigenvalue weighted by Gasteiger charge is 2.05. The summed E-state index contributed by atoms with van der Waals surface area (Å²) in [5.41, 5.74) is 1.88. The minimum atomic E-state index is -0.282. The van der Waals surface area contributed by atoms with Crippen molar-refractivity contribution in [2.24, 2.45) is 0 Å². The molecule has 0 bridgehead atoms. The van der Waals surface area contributed by atoms with Gasteiger partial charge >= 0.3 is 0 Å². The quantitative estimate of drug-likeness (QED) is 0.719. The molecule has 0 unspecified atom stereocenters. The second-order valence-corrected chi connectivity index (χ2v) is 4.64. The van der Waals surface area contributed by atoms with Crippen molar-refractivity contribution in [3.8, 4) is 11.5 Å². The van der Waals surface area contributed by atoms with E-state index in [4.69, 9.17) is 9.47 Å². The van der Waals surface area contributed by atoms with Crippen LogP contribution in [0.4, 0.5) is 4.39 Å². The van der Waals surface area contributed by atoms with Gasteiger partial charge in [-0.1, -0.05) is 0 Å². The highest BCUT2D eigenvalue weighted by atomic mass is 19.1. The number of methoxy groups -OCH3 is 1. The molecule has 0 saturated carbocycles. The molecule has 1 heterocycles. The van der Waals surface area contributed by atoms with Crippen LogP contribution in [0.5, 0.6) is 11.5 Å². The van der Waals surface area contributed by atoms with E-state index in [9.17, 15) is 4.39 Å². The lowest BCUT2D eigenvalue weighted by molar-refractivity contribution is 0.188. The molecule has 0 radical (unpaired) electrons. The molecule has 5 heteroatoms. The van der Waals surface area contributed by atoms with Crippen molar-refractivity contribution in [2.75, 3.05) is 13.7 Å². The van der Waals surface area contributed by atoms with Crippen LogP contribution >= 0.6 is 0 Å². The number of fused-ring (bicyclic) bond motifs is 1. The monoisotopic (exact) mass is 286 g/mol. The van der Waals surface area contributed by atoms with Crippen molar-refractivity contribution in [2.45, 2.75) is 6.54 Å². The molecule has 0 N–H and O–H groups in total. The first-order valence-electron chi connectivity index (χ1n) is 6.63. The molecular weight excluding hydrogens is 271 g/mol. The second-order valence-electron chi connectivity index (χ2n) is 4.64. The van der Waals surface area contributed by atoms with Crippen LogP contribution in [0.25, 0.3) is 11.0 Å². The van der Waals surface area contributed by atoms with Crippen LogP contribution in [-0.2, 0) is 11.3 Å². The molecular formula is C16H15FN2O2. The average Bonchev–Trinajstić information content (AvgIpc) is 2.90.